The molecule has 5 nitrogen and oxygen atoms in total. The van der Waals surface area contributed by atoms with E-state index >= 15 is 0 Å². The van der Waals surface area contributed by atoms with Gasteiger partial charge in [0.2, 0.25) is 5.91 Å². The number of benzene rings is 2. The molecule has 1 heterocycles. The summed E-state index contributed by atoms with van der Waals surface area (Å²) in [6.07, 6.45) is 0.302. The average Bonchev–Trinajstić information content (AvgIpc) is 2.64. The van der Waals surface area contributed by atoms with Crippen LogP contribution in [0.5, 0.6) is 5.75 Å². The lowest BCUT2D eigenvalue weighted by atomic mass is 10.1. The quantitative estimate of drug-likeness (QED) is 0.842. The lowest BCUT2D eigenvalue weighted by molar-refractivity contribution is -0.130. The van der Waals surface area contributed by atoms with Gasteiger partial charge in [0.05, 0.1) is 12.1 Å². The van der Waals surface area contributed by atoms with Gasteiger partial charge in [-0.05, 0) is 30.2 Å². The second-order valence-electron chi connectivity index (χ2n) is 6.11. The molecular weight excluding hydrogens is 316 g/mol. The predicted octanol–water partition coefficient (Wildman–Crippen LogP) is 2.63. The second kappa shape index (κ2) is 7.38. The van der Waals surface area contributed by atoms with Crippen LogP contribution in [0.1, 0.15) is 18.1 Å². The number of ether oxygens (including phenoxy) is 1. The Morgan fingerprint density at radius 1 is 1.16 bits per heavy atom. The van der Waals surface area contributed by atoms with Gasteiger partial charge < -0.3 is 14.5 Å². The molecule has 5 heteroatoms. The van der Waals surface area contributed by atoms with Gasteiger partial charge in [0.15, 0.2) is 6.61 Å². The number of hydrogen-bond donors (Lipinski definition) is 0. The van der Waals surface area contributed by atoms with E-state index in [0.717, 1.165) is 11.1 Å². The molecule has 1 aliphatic heterocycles. The minimum absolute atomic E-state index is 0.0580. The molecule has 0 bridgehead atoms. The van der Waals surface area contributed by atoms with Crippen molar-refractivity contribution in [3.05, 3.63) is 59.7 Å². The van der Waals surface area contributed by atoms with Gasteiger partial charge in [0, 0.05) is 20.1 Å². The van der Waals surface area contributed by atoms with Gasteiger partial charge >= 0.3 is 0 Å². The number of amides is 2. The molecule has 0 N–H and O–H groups in total. The summed E-state index contributed by atoms with van der Waals surface area (Å²) in [5, 5.41) is 0. The third-order valence-electron chi connectivity index (χ3n) is 4.42. The lowest BCUT2D eigenvalue weighted by Crippen LogP contribution is -2.35. The Balaban J connectivity index is 1.73. The van der Waals surface area contributed by atoms with Gasteiger partial charge in [-0.2, -0.15) is 0 Å². The van der Waals surface area contributed by atoms with E-state index in [1.165, 1.54) is 0 Å². The highest BCUT2D eigenvalue weighted by Crippen LogP contribution is 2.32. The van der Waals surface area contributed by atoms with Gasteiger partial charge in [0.25, 0.3) is 5.91 Å². The van der Waals surface area contributed by atoms with Crippen LogP contribution < -0.4 is 9.64 Å². The molecule has 0 fully saturated rings. The molecule has 0 saturated heterocycles. The summed E-state index contributed by atoms with van der Waals surface area (Å²) in [5.41, 5.74) is 2.70. The van der Waals surface area contributed by atoms with Gasteiger partial charge in [0.1, 0.15) is 5.75 Å². The maximum absolute atomic E-state index is 12.7. The zero-order valence-corrected chi connectivity index (χ0v) is 14.6. The maximum atomic E-state index is 12.7. The largest absolute Gasteiger partial charge is 0.482 e. The number of anilines is 1. The first kappa shape index (κ1) is 17.0. The van der Waals surface area contributed by atoms with Gasteiger partial charge in [-0.3, -0.25) is 9.59 Å². The molecule has 2 aromatic carbocycles. The van der Waals surface area contributed by atoms with Crippen LogP contribution in [0.4, 0.5) is 5.69 Å². The third-order valence-corrected chi connectivity index (χ3v) is 4.42. The van der Waals surface area contributed by atoms with E-state index in [4.69, 9.17) is 4.74 Å². The fourth-order valence-electron chi connectivity index (χ4n) is 2.89. The van der Waals surface area contributed by atoms with E-state index in [0.29, 0.717) is 30.9 Å². The first-order chi connectivity index (χ1) is 12.1. The van der Waals surface area contributed by atoms with E-state index < -0.39 is 0 Å². The summed E-state index contributed by atoms with van der Waals surface area (Å²) in [7, 11) is 1.73. The van der Waals surface area contributed by atoms with Crippen molar-refractivity contribution in [1.29, 1.82) is 0 Å². The Labute approximate surface area is 147 Å². The highest BCUT2D eigenvalue weighted by atomic mass is 16.5. The Bertz CT molecular complexity index is 774. The molecule has 0 atom stereocenters. The van der Waals surface area contributed by atoms with Crippen molar-refractivity contribution < 1.29 is 14.3 Å². The number of likely N-dealkylation sites (N-methyl/N-ethyl adjacent to an activating group) is 2. The van der Waals surface area contributed by atoms with Gasteiger partial charge in [-0.1, -0.05) is 36.4 Å². The molecule has 25 heavy (non-hydrogen) atoms. The van der Waals surface area contributed by atoms with Crippen LogP contribution in [-0.4, -0.2) is 36.9 Å². The molecule has 0 aromatic heterocycles. The van der Waals surface area contributed by atoms with Crippen LogP contribution in [0, 0.1) is 0 Å². The molecule has 2 amide bonds. The highest BCUT2D eigenvalue weighted by molar-refractivity contribution is 5.97. The standard InChI is InChI=1S/C20H22N2O3/c1-3-22(13-15-7-5-4-6-8-15)19(23)12-16-9-10-18-17(11-16)21(2)20(24)14-25-18/h4-11H,3,12-14H2,1-2H3. The van der Waals surface area contributed by atoms with E-state index in [1.54, 1.807) is 11.9 Å². The van der Waals surface area contributed by atoms with E-state index in [1.807, 2.05) is 60.4 Å². The summed E-state index contributed by atoms with van der Waals surface area (Å²) in [4.78, 5) is 27.9. The Morgan fingerprint density at radius 3 is 2.64 bits per heavy atom. The maximum Gasteiger partial charge on any atom is 0.264 e. The molecule has 130 valence electrons. The Morgan fingerprint density at radius 2 is 1.92 bits per heavy atom. The van der Waals surface area contributed by atoms with Gasteiger partial charge in [-0.15, -0.1) is 0 Å². The molecule has 1 aliphatic rings. The van der Waals surface area contributed by atoms with Crippen molar-refractivity contribution in [2.24, 2.45) is 0 Å². The number of carbonyl (C=O) groups excluding carboxylic acids is 2. The summed E-state index contributed by atoms with van der Waals surface area (Å²) < 4.78 is 5.43. The van der Waals surface area contributed by atoms with E-state index in [9.17, 15) is 9.59 Å². The Kier molecular flexibility index (Phi) is 5.03. The normalized spacial score (nSPS) is 13.2. The fourth-order valence-corrected chi connectivity index (χ4v) is 2.89. The monoisotopic (exact) mass is 338 g/mol. The van der Waals surface area contributed by atoms with Crippen molar-refractivity contribution in [2.45, 2.75) is 19.9 Å². The smallest absolute Gasteiger partial charge is 0.264 e. The predicted molar refractivity (Wildman–Crippen MR) is 96.6 cm³/mol. The van der Waals surface area contributed by atoms with E-state index in [2.05, 4.69) is 0 Å². The van der Waals surface area contributed by atoms with Crippen LogP contribution in [0.25, 0.3) is 0 Å². The van der Waals surface area contributed by atoms with Crippen LogP contribution in [-0.2, 0) is 22.6 Å². The number of rotatable bonds is 5. The second-order valence-corrected chi connectivity index (χ2v) is 6.11. The SMILES string of the molecule is CCN(Cc1ccccc1)C(=O)Cc1ccc2c(c1)N(C)C(=O)CO2. The number of fused-ring (bicyclic) bond motifs is 1. The molecule has 2 aromatic rings. The molecule has 0 aliphatic carbocycles. The minimum atomic E-state index is -0.0877. The summed E-state index contributed by atoms with van der Waals surface area (Å²) >= 11 is 0. The van der Waals surface area contributed by atoms with Crippen LogP contribution in [0.3, 0.4) is 0 Å². The molecule has 0 radical (unpaired) electrons. The summed E-state index contributed by atoms with van der Waals surface area (Å²) in [5.74, 6) is 0.655. The first-order valence-electron chi connectivity index (χ1n) is 8.42. The lowest BCUT2D eigenvalue weighted by Gasteiger charge is -2.26. The molecule has 0 spiro atoms. The van der Waals surface area contributed by atoms with Crippen LogP contribution in [0.15, 0.2) is 48.5 Å². The molecular formula is C20H22N2O3. The van der Waals surface area contributed by atoms with Gasteiger partial charge in [-0.25, -0.2) is 0 Å². The topological polar surface area (TPSA) is 49.9 Å². The molecule has 3 rings (SSSR count). The summed E-state index contributed by atoms with van der Waals surface area (Å²) in [6, 6.07) is 15.5. The van der Waals surface area contributed by atoms with Crippen LogP contribution in [0.2, 0.25) is 0 Å². The average molecular weight is 338 g/mol. The first-order valence-corrected chi connectivity index (χ1v) is 8.42. The molecule has 0 unspecified atom stereocenters. The van der Waals surface area contributed by atoms with Crippen molar-refractivity contribution in [3.63, 3.8) is 0 Å². The molecule has 0 saturated carbocycles. The van der Waals surface area contributed by atoms with Crippen molar-refractivity contribution in [2.75, 3.05) is 25.1 Å². The zero-order valence-electron chi connectivity index (χ0n) is 14.6. The minimum Gasteiger partial charge on any atom is -0.482 e. The number of carbonyl (C=O) groups is 2. The van der Waals surface area contributed by atoms with Crippen molar-refractivity contribution >= 4 is 17.5 Å². The van der Waals surface area contributed by atoms with Crippen molar-refractivity contribution in [3.8, 4) is 5.75 Å². The number of nitrogens with zero attached hydrogens (tertiary/aromatic N) is 2. The van der Waals surface area contributed by atoms with Crippen molar-refractivity contribution in [1.82, 2.24) is 4.90 Å². The van der Waals surface area contributed by atoms with E-state index in [-0.39, 0.29) is 18.4 Å². The fraction of sp³-hybridized carbons (Fsp3) is 0.300. The number of hydrogen-bond acceptors (Lipinski definition) is 3. The highest BCUT2D eigenvalue weighted by Gasteiger charge is 2.23. The third kappa shape index (κ3) is 3.82. The Hall–Kier alpha value is -2.82. The summed E-state index contributed by atoms with van der Waals surface area (Å²) in [6.45, 7) is 3.29. The zero-order chi connectivity index (χ0) is 17.8. The van der Waals surface area contributed by atoms with Crippen LogP contribution >= 0.6 is 0 Å².